The number of carbonyl (C=O) groups is 1. The van der Waals surface area contributed by atoms with Crippen LogP contribution in [0, 0.1) is 0 Å². The Bertz CT molecular complexity index is 440. The standard InChI is InChI=1S/C9H10Cl2N2O2S/c10-5-1-2-6(11)8(3-5)16(15)4-7(12)9(13)14/h1-3,7H,4,12H2,(H2,13,14). The normalized spacial score (nSPS) is 14.4. The SMILES string of the molecule is NC(=O)C(N)CS(=O)c1cc(Cl)ccc1Cl. The molecule has 0 radical (unpaired) electrons. The second-order valence-electron chi connectivity index (χ2n) is 3.10. The Morgan fingerprint density at radius 1 is 1.44 bits per heavy atom. The number of hydrogen-bond donors (Lipinski definition) is 2. The first-order chi connectivity index (χ1) is 7.41. The number of halogens is 2. The van der Waals surface area contributed by atoms with E-state index in [0.717, 1.165) is 0 Å². The van der Waals surface area contributed by atoms with Gasteiger partial charge in [0.2, 0.25) is 5.91 Å². The Balaban J connectivity index is 2.88. The lowest BCUT2D eigenvalue weighted by atomic mass is 10.3. The van der Waals surface area contributed by atoms with Gasteiger partial charge in [-0.25, -0.2) is 0 Å². The minimum absolute atomic E-state index is 0.0740. The van der Waals surface area contributed by atoms with E-state index in [-0.39, 0.29) is 5.75 Å². The molecule has 2 unspecified atom stereocenters. The molecule has 0 saturated heterocycles. The van der Waals surface area contributed by atoms with Crippen LogP contribution in [0.4, 0.5) is 0 Å². The van der Waals surface area contributed by atoms with E-state index in [1.54, 1.807) is 6.07 Å². The fourth-order valence-electron chi connectivity index (χ4n) is 0.987. The highest BCUT2D eigenvalue weighted by Crippen LogP contribution is 2.23. The van der Waals surface area contributed by atoms with Crippen molar-refractivity contribution in [2.45, 2.75) is 10.9 Å². The lowest BCUT2D eigenvalue weighted by Gasteiger charge is -2.08. The Kier molecular flexibility index (Phi) is 4.73. The van der Waals surface area contributed by atoms with Crippen molar-refractivity contribution in [3.8, 4) is 0 Å². The average Bonchev–Trinajstić information content (AvgIpc) is 2.21. The number of benzene rings is 1. The highest BCUT2D eigenvalue weighted by molar-refractivity contribution is 7.85. The molecule has 1 amide bonds. The van der Waals surface area contributed by atoms with Crippen LogP contribution in [0.5, 0.6) is 0 Å². The zero-order valence-corrected chi connectivity index (χ0v) is 10.5. The fourth-order valence-corrected chi connectivity index (χ4v) is 2.81. The molecule has 0 spiro atoms. The van der Waals surface area contributed by atoms with E-state index in [1.165, 1.54) is 12.1 Å². The van der Waals surface area contributed by atoms with E-state index in [1.807, 2.05) is 0 Å². The van der Waals surface area contributed by atoms with Crippen molar-refractivity contribution in [3.05, 3.63) is 28.2 Å². The molecule has 16 heavy (non-hydrogen) atoms. The van der Waals surface area contributed by atoms with Crippen molar-refractivity contribution in [1.29, 1.82) is 0 Å². The maximum Gasteiger partial charge on any atom is 0.235 e. The third kappa shape index (κ3) is 3.45. The molecule has 4 nitrogen and oxygen atoms in total. The second-order valence-corrected chi connectivity index (χ2v) is 5.40. The van der Waals surface area contributed by atoms with Crippen molar-refractivity contribution in [1.82, 2.24) is 0 Å². The summed E-state index contributed by atoms with van der Waals surface area (Å²) < 4.78 is 11.8. The molecule has 1 rings (SSSR count). The maximum absolute atomic E-state index is 11.8. The minimum Gasteiger partial charge on any atom is -0.368 e. The summed E-state index contributed by atoms with van der Waals surface area (Å²) in [4.78, 5) is 11.1. The molecule has 1 aromatic carbocycles. The van der Waals surface area contributed by atoms with Gasteiger partial charge in [-0.15, -0.1) is 0 Å². The van der Waals surface area contributed by atoms with Crippen LogP contribution in [0.1, 0.15) is 0 Å². The van der Waals surface area contributed by atoms with E-state index in [4.69, 9.17) is 34.7 Å². The first-order valence-electron chi connectivity index (χ1n) is 4.30. The summed E-state index contributed by atoms with van der Waals surface area (Å²) >= 11 is 11.6. The smallest absolute Gasteiger partial charge is 0.235 e. The first-order valence-corrected chi connectivity index (χ1v) is 6.37. The minimum atomic E-state index is -1.50. The molecule has 4 N–H and O–H groups in total. The Hall–Kier alpha value is -0.620. The second kappa shape index (κ2) is 5.63. The Labute approximate surface area is 105 Å². The Morgan fingerprint density at radius 3 is 2.62 bits per heavy atom. The monoisotopic (exact) mass is 280 g/mol. The number of carbonyl (C=O) groups excluding carboxylic acids is 1. The number of hydrogen-bond acceptors (Lipinski definition) is 3. The zero-order valence-electron chi connectivity index (χ0n) is 8.15. The van der Waals surface area contributed by atoms with Crippen LogP contribution in [0.25, 0.3) is 0 Å². The first kappa shape index (κ1) is 13.4. The predicted octanol–water partition coefficient (Wildman–Crippen LogP) is 0.914. The summed E-state index contributed by atoms with van der Waals surface area (Å²) in [6.45, 7) is 0. The lowest BCUT2D eigenvalue weighted by molar-refractivity contribution is -0.118. The Morgan fingerprint density at radius 2 is 2.06 bits per heavy atom. The van der Waals surface area contributed by atoms with Gasteiger partial charge in [0.25, 0.3) is 0 Å². The van der Waals surface area contributed by atoms with Gasteiger partial charge in [-0.2, -0.15) is 0 Å². The molecular weight excluding hydrogens is 271 g/mol. The molecule has 2 atom stereocenters. The molecule has 0 bridgehead atoms. The molecule has 0 aliphatic carbocycles. The van der Waals surface area contributed by atoms with Crippen molar-refractivity contribution < 1.29 is 9.00 Å². The third-order valence-electron chi connectivity index (χ3n) is 1.83. The summed E-state index contributed by atoms with van der Waals surface area (Å²) in [7, 11) is -1.50. The highest BCUT2D eigenvalue weighted by Gasteiger charge is 2.17. The maximum atomic E-state index is 11.8. The fraction of sp³-hybridized carbons (Fsp3) is 0.222. The zero-order chi connectivity index (χ0) is 12.3. The quantitative estimate of drug-likeness (QED) is 0.860. The topological polar surface area (TPSA) is 86.2 Å². The summed E-state index contributed by atoms with van der Waals surface area (Å²) in [6.07, 6.45) is 0. The van der Waals surface area contributed by atoms with Gasteiger partial charge in [-0.1, -0.05) is 23.2 Å². The van der Waals surface area contributed by atoms with E-state index in [9.17, 15) is 9.00 Å². The van der Waals surface area contributed by atoms with E-state index >= 15 is 0 Å². The van der Waals surface area contributed by atoms with Crippen molar-refractivity contribution in [2.24, 2.45) is 11.5 Å². The largest absolute Gasteiger partial charge is 0.368 e. The van der Waals surface area contributed by atoms with Crippen LogP contribution < -0.4 is 11.5 Å². The third-order valence-corrected chi connectivity index (χ3v) is 4.00. The van der Waals surface area contributed by atoms with Gasteiger partial charge in [0, 0.05) is 5.02 Å². The van der Waals surface area contributed by atoms with Crippen molar-refractivity contribution >= 4 is 39.9 Å². The molecule has 0 heterocycles. The average molecular weight is 281 g/mol. The van der Waals surface area contributed by atoms with Gasteiger partial charge < -0.3 is 11.5 Å². The number of primary amides is 1. The predicted molar refractivity (Wildman–Crippen MR) is 64.9 cm³/mol. The van der Waals surface area contributed by atoms with Crippen LogP contribution >= 0.6 is 23.2 Å². The van der Waals surface area contributed by atoms with Gasteiger partial charge in [0.1, 0.15) is 0 Å². The molecule has 0 saturated carbocycles. The summed E-state index contributed by atoms with van der Waals surface area (Å²) in [5.74, 6) is -0.776. The van der Waals surface area contributed by atoms with Crippen LogP contribution in [0.3, 0.4) is 0 Å². The number of nitrogens with two attached hydrogens (primary N) is 2. The van der Waals surface area contributed by atoms with Gasteiger partial charge in [-0.05, 0) is 18.2 Å². The molecule has 88 valence electrons. The van der Waals surface area contributed by atoms with Crippen molar-refractivity contribution in [3.63, 3.8) is 0 Å². The van der Waals surface area contributed by atoms with Gasteiger partial charge in [0.05, 0.1) is 32.5 Å². The molecule has 0 aromatic heterocycles. The van der Waals surface area contributed by atoms with E-state index in [0.29, 0.717) is 14.9 Å². The van der Waals surface area contributed by atoms with Crippen molar-refractivity contribution in [2.75, 3.05) is 5.75 Å². The highest BCUT2D eigenvalue weighted by atomic mass is 35.5. The number of amides is 1. The van der Waals surface area contributed by atoms with E-state index in [2.05, 4.69) is 0 Å². The van der Waals surface area contributed by atoms with Crippen LogP contribution in [0.15, 0.2) is 23.1 Å². The molecule has 0 fully saturated rings. The molecule has 0 aliphatic rings. The molecule has 0 aliphatic heterocycles. The molecular formula is C9H10Cl2N2O2S. The summed E-state index contributed by atoms with van der Waals surface area (Å²) in [5.41, 5.74) is 10.4. The van der Waals surface area contributed by atoms with Gasteiger partial charge in [0.15, 0.2) is 0 Å². The van der Waals surface area contributed by atoms with Gasteiger partial charge >= 0.3 is 0 Å². The lowest BCUT2D eigenvalue weighted by Crippen LogP contribution is -2.40. The molecule has 1 aromatic rings. The van der Waals surface area contributed by atoms with Crippen LogP contribution in [-0.4, -0.2) is 21.9 Å². The number of rotatable bonds is 4. The summed E-state index contributed by atoms with van der Waals surface area (Å²) in [6, 6.07) is 3.63. The van der Waals surface area contributed by atoms with Crippen LogP contribution in [-0.2, 0) is 15.6 Å². The van der Waals surface area contributed by atoms with E-state index < -0.39 is 22.7 Å². The molecule has 7 heteroatoms. The van der Waals surface area contributed by atoms with Gasteiger partial charge in [-0.3, -0.25) is 9.00 Å². The summed E-state index contributed by atoms with van der Waals surface area (Å²) in [5, 5.41) is 0.736. The van der Waals surface area contributed by atoms with Crippen LogP contribution in [0.2, 0.25) is 10.0 Å².